The van der Waals surface area contributed by atoms with Crippen LogP contribution in [0.4, 0.5) is 0 Å². The first kappa shape index (κ1) is 23.9. The highest BCUT2D eigenvalue weighted by molar-refractivity contribution is 7.70. The smallest absolute Gasteiger partial charge is 0.220 e. The number of nitrogens with one attached hydrogen (secondary N) is 1. The van der Waals surface area contributed by atoms with Gasteiger partial charge in [0.1, 0.15) is 0 Å². The molecule has 2 atom stereocenters. The minimum Gasteiger partial charge on any atom is -0.392 e. The first-order chi connectivity index (χ1) is 16.1. The van der Waals surface area contributed by atoms with Crippen molar-refractivity contribution < 1.29 is 9.66 Å². The van der Waals surface area contributed by atoms with Crippen molar-refractivity contribution in [3.63, 3.8) is 0 Å². The van der Waals surface area contributed by atoms with Crippen molar-refractivity contribution in [1.82, 2.24) is 19.6 Å². The molecule has 3 aromatic rings. The molecule has 0 spiro atoms. The van der Waals surface area contributed by atoms with E-state index < -0.39 is 0 Å². The van der Waals surface area contributed by atoms with E-state index in [9.17, 15) is 5.11 Å². The van der Waals surface area contributed by atoms with Gasteiger partial charge in [-0.1, -0.05) is 30.3 Å². The van der Waals surface area contributed by atoms with Crippen LogP contribution in [-0.4, -0.2) is 24.5 Å². The Morgan fingerprint density at radius 1 is 0.970 bits per heavy atom. The fraction of sp³-hybridized carbons (Fsp3) is 0.385. The number of rotatable bonds is 8. The van der Waals surface area contributed by atoms with E-state index >= 15 is 0 Å². The average Bonchev–Trinajstić information content (AvgIpc) is 2.84. The molecule has 2 aromatic heterocycles. The van der Waals surface area contributed by atoms with Crippen molar-refractivity contribution in [3.8, 4) is 0 Å². The lowest BCUT2D eigenvalue weighted by molar-refractivity contribution is 0.0672. The number of aliphatic hydroxyl groups excluding tert-OH is 1. The van der Waals surface area contributed by atoms with Crippen LogP contribution >= 0.6 is 0 Å². The maximum Gasteiger partial charge on any atom is 0.220 e. The number of likely N-dealkylation sites (tertiary alicyclic amines) is 1. The topological polar surface area (TPSA) is 81.5 Å². The monoisotopic (exact) mass is 465 g/mol. The third-order valence-electron chi connectivity index (χ3n) is 6.63. The molecule has 33 heavy (non-hydrogen) atoms. The van der Waals surface area contributed by atoms with Gasteiger partial charge in [-0.3, -0.25) is 14.9 Å². The Morgan fingerprint density at radius 2 is 1.61 bits per heavy atom. The Bertz CT molecular complexity index is 1020. The SMILES string of the molecule is Cc1cccnc1C1CCC[C@H](c2ncccc2C)N1Cc1ccc(CN[SH+]O)cc1CO. The second-order valence-corrected chi connectivity index (χ2v) is 9.26. The number of aryl methyl sites for hydroxylation is 2. The van der Waals surface area contributed by atoms with Crippen molar-refractivity contribution in [2.24, 2.45) is 0 Å². The fourth-order valence-electron chi connectivity index (χ4n) is 4.97. The van der Waals surface area contributed by atoms with E-state index in [1.807, 2.05) is 30.6 Å². The fourth-order valence-corrected chi connectivity index (χ4v) is 5.22. The lowest BCUT2D eigenvalue weighted by Gasteiger charge is -2.43. The number of benzene rings is 1. The van der Waals surface area contributed by atoms with E-state index in [2.05, 4.69) is 47.7 Å². The van der Waals surface area contributed by atoms with Gasteiger partial charge < -0.3 is 5.11 Å². The van der Waals surface area contributed by atoms with Crippen LogP contribution < -0.4 is 4.72 Å². The van der Waals surface area contributed by atoms with Crippen LogP contribution in [0.5, 0.6) is 0 Å². The Hall–Kier alpha value is -2.29. The number of thiol groups is 1. The number of aromatic nitrogens is 2. The summed E-state index contributed by atoms with van der Waals surface area (Å²) in [6.45, 7) is 5.52. The molecule has 0 aliphatic carbocycles. The van der Waals surface area contributed by atoms with Gasteiger partial charge in [-0.2, -0.15) is 4.55 Å². The minimum atomic E-state index is -0.0194. The van der Waals surface area contributed by atoms with E-state index in [4.69, 9.17) is 14.5 Å². The molecule has 7 heteroatoms. The van der Waals surface area contributed by atoms with Crippen LogP contribution in [0, 0.1) is 13.8 Å². The molecular weight excluding hydrogens is 432 g/mol. The lowest BCUT2D eigenvalue weighted by atomic mass is 9.88. The molecule has 0 bridgehead atoms. The van der Waals surface area contributed by atoms with Crippen molar-refractivity contribution in [1.29, 1.82) is 0 Å². The maximum atomic E-state index is 10.1. The highest BCUT2D eigenvalue weighted by atomic mass is 32.2. The van der Waals surface area contributed by atoms with Crippen LogP contribution in [-0.2, 0) is 31.9 Å². The molecule has 174 valence electrons. The van der Waals surface area contributed by atoms with Gasteiger partial charge in [-0.15, -0.1) is 4.72 Å². The number of pyridine rings is 2. The van der Waals surface area contributed by atoms with Crippen molar-refractivity contribution in [2.75, 3.05) is 0 Å². The predicted octanol–water partition coefficient (Wildman–Crippen LogP) is 4.35. The first-order valence-electron chi connectivity index (χ1n) is 11.5. The Kier molecular flexibility index (Phi) is 8.11. The number of aliphatic hydroxyl groups is 1. The van der Waals surface area contributed by atoms with Gasteiger partial charge in [0.15, 0.2) is 0 Å². The molecule has 4 rings (SSSR count). The number of hydrogen-bond acceptors (Lipinski definition) is 6. The largest absolute Gasteiger partial charge is 0.392 e. The van der Waals surface area contributed by atoms with E-state index in [1.54, 1.807) is 0 Å². The van der Waals surface area contributed by atoms with Crippen LogP contribution in [0.2, 0.25) is 0 Å². The molecule has 3 heterocycles. The molecule has 1 aliphatic heterocycles. The summed E-state index contributed by atoms with van der Waals surface area (Å²) in [7, 11) is 0. The first-order valence-corrected chi connectivity index (χ1v) is 12.3. The standard InChI is InChI=1S/C26H32N4O2S/c1-18-6-4-12-27-25(18)23-8-3-9-24(26-19(2)7-5-13-28-26)30(23)16-21-11-10-20(15-29-33-32)14-22(21)17-31/h4-7,10-14,23-24,29,31-32H,3,8-9,15-17H2,1-2H3/p+1/t23-,24?/m1/s1. The van der Waals surface area contributed by atoms with Gasteiger partial charge in [-0.25, -0.2) is 0 Å². The normalized spacial score (nSPS) is 19.0. The van der Waals surface area contributed by atoms with E-state index in [1.165, 1.54) is 11.1 Å². The van der Waals surface area contributed by atoms with Crippen LogP contribution in [0.15, 0.2) is 54.9 Å². The van der Waals surface area contributed by atoms with Crippen LogP contribution in [0.3, 0.4) is 0 Å². The van der Waals surface area contributed by atoms with Crippen LogP contribution in [0.1, 0.15) is 70.6 Å². The summed E-state index contributed by atoms with van der Waals surface area (Å²) in [6.07, 6.45) is 6.99. The maximum absolute atomic E-state index is 10.1. The summed E-state index contributed by atoms with van der Waals surface area (Å²) in [4.78, 5) is 12.1. The van der Waals surface area contributed by atoms with Crippen molar-refractivity contribution in [2.45, 2.75) is 64.9 Å². The second kappa shape index (κ2) is 11.2. The molecule has 0 amide bonds. The third kappa shape index (κ3) is 5.45. The summed E-state index contributed by atoms with van der Waals surface area (Å²) in [5.41, 5.74) is 7.74. The number of hydrogen-bond donors (Lipinski definition) is 3. The molecule has 6 nitrogen and oxygen atoms in total. The van der Waals surface area contributed by atoms with Gasteiger partial charge in [0.25, 0.3) is 0 Å². The zero-order valence-corrected chi connectivity index (χ0v) is 20.2. The molecule has 1 aromatic carbocycles. The van der Waals surface area contributed by atoms with E-state index in [0.717, 1.165) is 47.3 Å². The zero-order chi connectivity index (χ0) is 23.2. The van der Waals surface area contributed by atoms with Gasteiger partial charge in [0, 0.05) is 18.9 Å². The van der Waals surface area contributed by atoms with Gasteiger partial charge in [0.2, 0.25) is 12.2 Å². The predicted molar refractivity (Wildman–Crippen MR) is 133 cm³/mol. The molecule has 3 N–H and O–H groups in total. The van der Waals surface area contributed by atoms with Gasteiger partial charge in [0.05, 0.1) is 36.6 Å². The third-order valence-corrected chi connectivity index (χ3v) is 6.93. The molecular formula is C26H33N4O2S+. The van der Waals surface area contributed by atoms with Gasteiger partial charge in [-0.05, 0) is 73.1 Å². The molecule has 0 saturated carbocycles. The Balaban J connectivity index is 1.73. The Labute approximate surface area is 200 Å². The highest BCUT2D eigenvalue weighted by Gasteiger charge is 2.35. The lowest BCUT2D eigenvalue weighted by Crippen LogP contribution is -2.37. The van der Waals surface area contributed by atoms with E-state index in [-0.39, 0.29) is 30.9 Å². The average molecular weight is 466 g/mol. The summed E-state index contributed by atoms with van der Waals surface area (Å²) in [5, 5.41) is 10.1. The minimum absolute atomic E-state index is 0.0194. The molecule has 1 fully saturated rings. The van der Waals surface area contributed by atoms with Gasteiger partial charge >= 0.3 is 0 Å². The summed E-state index contributed by atoms with van der Waals surface area (Å²) >= 11 is 0.156. The Morgan fingerprint density at radius 3 is 2.15 bits per heavy atom. The molecule has 0 radical (unpaired) electrons. The van der Waals surface area contributed by atoms with Crippen molar-refractivity contribution in [3.05, 3.63) is 94.1 Å². The molecule has 1 saturated heterocycles. The summed E-state index contributed by atoms with van der Waals surface area (Å²) in [6, 6.07) is 14.8. The number of nitrogens with zero attached hydrogens (tertiary/aromatic N) is 3. The number of piperidine rings is 1. The molecule has 1 unspecified atom stereocenters. The van der Waals surface area contributed by atoms with Crippen molar-refractivity contribution >= 4 is 12.2 Å². The van der Waals surface area contributed by atoms with E-state index in [0.29, 0.717) is 13.1 Å². The zero-order valence-electron chi connectivity index (χ0n) is 19.3. The quantitative estimate of drug-likeness (QED) is 0.339. The summed E-state index contributed by atoms with van der Waals surface area (Å²) in [5.74, 6) is 0. The highest BCUT2D eigenvalue weighted by Crippen LogP contribution is 2.43. The van der Waals surface area contributed by atoms with Crippen LogP contribution in [0.25, 0.3) is 0 Å². The second-order valence-electron chi connectivity index (χ2n) is 8.74. The molecule has 1 aliphatic rings. The summed E-state index contributed by atoms with van der Waals surface area (Å²) < 4.78 is 11.9.